The first kappa shape index (κ1) is 22.7. The highest BCUT2D eigenvalue weighted by molar-refractivity contribution is 7.90. The fourth-order valence-corrected chi connectivity index (χ4v) is 3.65. The van der Waals surface area contributed by atoms with Gasteiger partial charge in [0.1, 0.15) is 11.3 Å². The zero-order chi connectivity index (χ0) is 22.6. The molecule has 0 atom stereocenters. The first-order chi connectivity index (χ1) is 14.8. The van der Waals surface area contributed by atoms with E-state index in [1.807, 2.05) is 0 Å². The summed E-state index contributed by atoms with van der Waals surface area (Å²) in [5.74, 6) is -0.264. The molecular weight excluding hydrogens is 427 g/mol. The summed E-state index contributed by atoms with van der Waals surface area (Å²) in [5.41, 5.74) is 0.555. The van der Waals surface area contributed by atoms with E-state index >= 15 is 0 Å². The van der Waals surface area contributed by atoms with Gasteiger partial charge < -0.3 is 14.3 Å². The molecule has 0 saturated heterocycles. The Balaban J connectivity index is 1.95. The molecule has 3 N–H and O–H groups in total. The van der Waals surface area contributed by atoms with Crippen LogP contribution in [0.4, 0.5) is 10.1 Å². The molecule has 0 fully saturated rings. The lowest BCUT2D eigenvalue weighted by atomic mass is 9.99. The van der Waals surface area contributed by atoms with E-state index in [4.69, 9.17) is 14.3 Å². The van der Waals surface area contributed by atoms with Crippen LogP contribution in [0.5, 0.6) is 5.75 Å². The molecule has 1 aromatic heterocycles. The van der Waals surface area contributed by atoms with Crippen molar-refractivity contribution in [3.05, 3.63) is 69.3 Å². The standard InChI is InChI=1S/C21H23FN2O6S/c1-13-16-8-7-15(29-10-4-9-25)12-19(16)30-21(26)17(13)11-14-5-3-6-18(20(14)22)24-31(27,28)23-2/h3,5-8,12,23-25H,4,9-11H2,1-2H3. The van der Waals surface area contributed by atoms with E-state index < -0.39 is 21.7 Å². The number of aliphatic hydroxyl groups is 1. The molecule has 2 aromatic carbocycles. The van der Waals surface area contributed by atoms with Crippen LogP contribution in [0.25, 0.3) is 11.0 Å². The van der Waals surface area contributed by atoms with E-state index in [1.54, 1.807) is 25.1 Å². The van der Waals surface area contributed by atoms with Crippen molar-refractivity contribution in [3.8, 4) is 5.75 Å². The number of ether oxygens (including phenoxy) is 1. The molecule has 31 heavy (non-hydrogen) atoms. The first-order valence-corrected chi connectivity index (χ1v) is 11.0. The van der Waals surface area contributed by atoms with E-state index in [9.17, 15) is 17.6 Å². The van der Waals surface area contributed by atoms with Gasteiger partial charge >= 0.3 is 5.63 Å². The normalized spacial score (nSPS) is 11.6. The van der Waals surface area contributed by atoms with E-state index in [0.717, 1.165) is 0 Å². The number of anilines is 1. The molecule has 0 spiro atoms. The van der Waals surface area contributed by atoms with Crippen molar-refractivity contribution in [3.63, 3.8) is 0 Å². The molecule has 1 heterocycles. The summed E-state index contributed by atoms with van der Waals surface area (Å²) in [7, 11) is -2.68. The minimum atomic E-state index is -3.89. The number of fused-ring (bicyclic) bond motifs is 1. The van der Waals surface area contributed by atoms with Crippen LogP contribution in [0, 0.1) is 12.7 Å². The van der Waals surface area contributed by atoms with Crippen LogP contribution in [0.3, 0.4) is 0 Å². The van der Waals surface area contributed by atoms with Crippen LogP contribution >= 0.6 is 0 Å². The van der Waals surface area contributed by atoms with Crippen molar-refractivity contribution in [1.29, 1.82) is 0 Å². The maximum absolute atomic E-state index is 14.9. The molecule has 0 amide bonds. The minimum Gasteiger partial charge on any atom is -0.493 e. The lowest BCUT2D eigenvalue weighted by Crippen LogP contribution is -2.27. The zero-order valence-electron chi connectivity index (χ0n) is 17.1. The van der Waals surface area contributed by atoms with E-state index in [2.05, 4.69) is 9.44 Å². The molecule has 0 aliphatic heterocycles. The molecule has 0 aliphatic rings. The fourth-order valence-electron chi connectivity index (χ4n) is 3.10. The van der Waals surface area contributed by atoms with E-state index in [-0.39, 0.29) is 29.8 Å². The second kappa shape index (κ2) is 9.46. The Bertz CT molecular complexity index is 1260. The molecule has 0 unspecified atom stereocenters. The molecule has 166 valence electrons. The number of halogens is 1. The molecule has 8 nitrogen and oxygen atoms in total. The molecule has 0 saturated carbocycles. The summed E-state index contributed by atoms with van der Waals surface area (Å²) in [5, 5.41) is 9.52. The van der Waals surface area contributed by atoms with Gasteiger partial charge in [0.05, 0.1) is 12.3 Å². The third-order valence-electron chi connectivity index (χ3n) is 4.79. The summed E-state index contributed by atoms with van der Waals surface area (Å²) >= 11 is 0. The monoisotopic (exact) mass is 450 g/mol. The average molecular weight is 450 g/mol. The predicted octanol–water partition coefficient (Wildman–Crippen LogP) is 2.47. The lowest BCUT2D eigenvalue weighted by molar-refractivity contribution is 0.233. The van der Waals surface area contributed by atoms with Gasteiger partial charge in [-0.05, 0) is 36.2 Å². The van der Waals surface area contributed by atoms with Crippen LogP contribution in [0.15, 0.2) is 45.6 Å². The summed E-state index contributed by atoms with van der Waals surface area (Å²) < 4.78 is 53.3. The van der Waals surface area contributed by atoms with Crippen molar-refractivity contribution in [1.82, 2.24) is 4.72 Å². The molecule has 3 aromatic rings. The lowest BCUT2D eigenvalue weighted by Gasteiger charge is -2.12. The Morgan fingerprint density at radius 3 is 2.71 bits per heavy atom. The molecule has 0 bridgehead atoms. The summed E-state index contributed by atoms with van der Waals surface area (Å²) in [6.07, 6.45) is 0.412. The molecule has 10 heteroatoms. The van der Waals surface area contributed by atoms with Crippen molar-refractivity contribution in [2.24, 2.45) is 0 Å². The summed E-state index contributed by atoms with van der Waals surface area (Å²) in [4.78, 5) is 12.6. The number of hydrogen-bond acceptors (Lipinski definition) is 6. The third-order valence-corrected chi connectivity index (χ3v) is 5.82. The van der Waals surface area contributed by atoms with Gasteiger partial charge in [-0.1, -0.05) is 12.1 Å². The largest absolute Gasteiger partial charge is 0.493 e. The van der Waals surface area contributed by atoms with Crippen LogP contribution < -0.4 is 19.8 Å². The van der Waals surface area contributed by atoms with Gasteiger partial charge in [-0.3, -0.25) is 4.72 Å². The third kappa shape index (κ3) is 5.22. The van der Waals surface area contributed by atoms with Crippen LogP contribution in [-0.4, -0.2) is 33.8 Å². The fraction of sp³-hybridized carbons (Fsp3) is 0.286. The molecule has 3 rings (SSSR count). The van der Waals surface area contributed by atoms with Gasteiger partial charge in [0.25, 0.3) is 10.2 Å². The topological polar surface area (TPSA) is 118 Å². The van der Waals surface area contributed by atoms with Gasteiger partial charge in [0.2, 0.25) is 0 Å². The Labute approximate surface area is 178 Å². The van der Waals surface area contributed by atoms with E-state index in [0.29, 0.717) is 35.3 Å². The van der Waals surface area contributed by atoms with Crippen molar-refractivity contribution >= 4 is 26.9 Å². The first-order valence-electron chi connectivity index (χ1n) is 9.54. The van der Waals surface area contributed by atoms with Gasteiger partial charge in [0.15, 0.2) is 5.82 Å². The Morgan fingerprint density at radius 1 is 1.23 bits per heavy atom. The SMILES string of the molecule is CNS(=O)(=O)Nc1cccc(Cc2c(C)c3ccc(OCCCO)cc3oc2=O)c1F. The minimum absolute atomic E-state index is 0.0132. The summed E-state index contributed by atoms with van der Waals surface area (Å²) in [6.45, 7) is 2.09. The maximum Gasteiger partial charge on any atom is 0.340 e. The number of hydrogen-bond donors (Lipinski definition) is 3. The van der Waals surface area contributed by atoms with Gasteiger partial charge in [-0.15, -0.1) is 0 Å². The predicted molar refractivity (Wildman–Crippen MR) is 115 cm³/mol. The molecule has 0 radical (unpaired) electrons. The van der Waals surface area contributed by atoms with Gasteiger partial charge in [0, 0.05) is 43.5 Å². The average Bonchev–Trinajstić information content (AvgIpc) is 2.73. The van der Waals surface area contributed by atoms with Crippen molar-refractivity contribution in [2.75, 3.05) is 25.0 Å². The Morgan fingerprint density at radius 2 is 2.00 bits per heavy atom. The maximum atomic E-state index is 14.9. The Kier molecular flexibility index (Phi) is 6.94. The zero-order valence-corrected chi connectivity index (χ0v) is 17.9. The van der Waals surface area contributed by atoms with Crippen LogP contribution in [0.2, 0.25) is 0 Å². The summed E-state index contributed by atoms with van der Waals surface area (Å²) in [6, 6.07) is 9.34. The second-order valence-corrected chi connectivity index (χ2v) is 8.46. The van der Waals surface area contributed by atoms with Gasteiger partial charge in [-0.2, -0.15) is 8.42 Å². The van der Waals surface area contributed by atoms with Gasteiger partial charge in [-0.25, -0.2) is 13.9 Å². The highest BCUT2D eigenvalue weighted by Crippen LogP contribution is 2.27. The van der Waals surface area contributed by atoms with Crippen molar-refractivity contribution in [2.45, 2.75) is 19.8 Å². The number of aryl methyl sites for hydroxylation is 1. The number of rotatable bonds is 9. The number of benzene rings is 2. The van der Waals surface area contributed by atoms with E-state index in [1.165, 1.54) is 25.2 Å². The van der Waals surface area contributed by atoms with Crippen molar-refractivity contribution < 1.29 is 27.1 Å². The number of aliphatic hydroxyl groups excluding tert-OH is 1. The molecular formula is C21H23FN2O6S. The number of nitrogens with one attached hydrogen (secondary N) is 2. The van der Waals surface area contributed by atoms with Crippen LogP contribution in [-0.2, 0) is 16.6 Å². The highest BCUT2D eigenvalue weighted by Gasteiger charge is 2.18. The quantitative estimate of drug-likeness (QED) is 0.341. The highest BCUT2D eigenvalue weighted by atomic mass is 32.2. The van der Waals surface area contributed by atoms with Crippen LogP contribution in [0.1, 0.15) is 23.1 Å². The second-order valence-electron chi connectivity index (χ2n) is 6.84. The molecule has 0 aliphatic carbocycles. The Hall–Kier alpha value is -2.95. The smallest absolute Gasteiger partial charge is 0.340 e.